The van der Waals surface area contributed by atoms with Crippen LogP contribution < -0.4 is 9.08 Å². The van der Waals surface area contributed by atoms with E-state index in [9.17, 15) is 17.1 Å². The summed E-state index contributed by atoms with van der Waals surface area (Å²) in [4.78, 5) is 19.1. The molecule has 1 fully saturated rings. The number of anilines is 1. The van der Waals surface area contributed by atoms with E-state index >= 15 is 0 Å². The molecule has 0 radical (unpaired) electrons. The minimum atomic E-state index is -5.22. The molecule has 1 aliphatic heterocycles. The first-order valence-corrected chi connectivity index (χ1v) is 13.3. The van der Waals surface area contributed by atoms with Gasteiger partial charge >= 0.3 is 16.6 Å². The molecule has 3 aromatic carbocycles. The fourth-order valence-corrected chi connectivity index (χ4v) is 5.35. The van der Waals surface area contributed by atoms with E-state index in [4.69, 9.17) is 10.3 Å². The summed E-state index contributed by atoms with van der Waals surface area (Å²) in [5.41, 5.74) is 14.2. The van der Waals surface area contributed by atoms with Crippen LogP contribution >= 0.6 is 0 Å². The number of hydrogen-bond donors (Lipinski definition) is 0. The number of rotatable bonds is 7. The SMILES string of the molecule is [N-]=[N+]=NCc1cc(OS(=O)(=O)F)cc(N2CCN(C(=O)OCC3c4ccccc4-c4ccccc43)CC2)c1. The van der Waals surface area contributed by atoms with Gasteiger partial charge < -0.3 is 18.7 Å². The molecular formula is C26H24FN5O5S. The number of hydrogen-bond acceptors (Lipinski definition) is 7. The molecule has 0 atom stereocenters. The van der Waals surface area contributed by atoms with Crippen LogP contribution in [0, 0.1) is 0 Å². The molecule has 12 heteroatoms. The molecule has 0 saturated carbocycles. The number of fused-ring (bicyclic) bond motifs is 3. The van der Waals surface area contributed by atoms with Gasteiger partial charge in [-0.15, -0.1) is 0 Å². The summed E-state index contributed by atoms with van der Waals surface area (Å²) in [5, 5.41) is 3.48. The van der Waals surface area contributed by atoms with Gasteiger partial charge in [-0.3, -0.25) is 0 Å². The predicted molar refractivity (Wildman–Crippen MR) is 139 cm³/mol. The normalized spacial score (nSPS) is 14.9. The van der Waals surface area contributed by atoms with E-state index in [1.54, 1.807) is 11.0 Å². The van der Waals surface area contributed by atoms with Crippen LogP contribution in [0.1, 0.15) is 22.6 Å². The molecule has 2 aliphatic rings. The average molecular weight is 538 g/mol. The molecule has 10 nitrogen and oxygen atoms in total. The molecule has 0 bridgehead atoms. The van der Waals surface area contributed by atoms with Crippen LogP contribution in [0.15, 0.2) is 71.8 Å². The molecule has 1 amide bonds. The smallest absolute Gasteiger partial charge is 0.448 e. The zero-order chi connectivity index (χ0) is 26.7. The molecule has 1 saturated heterocycles. The van der Waals surface area contributed by atoms with Crippen LogP contribution in [0.4, 0.5) is 14.4 Å². The number of amides is 1. The topological polar surface area (TPSA) is 125 Å². The van der Waals surface area contributed by atoms with Gasteiger partial charge in [0.15, 0.2) is 0 Å². The van der Waals surface area contributed by atoms with Crippen LogP contribution in [0.2, 0.25) is 0 Å². The Kier molecular flexibility index (Phi) is 7.08. The number of azide groups is 1. The van der Waals surface area contributed by atoms with Crippen LogP contribution in [0.25, 0.3) is 21.6 Å². The van der Waals surface area contributed by atoms with Gasteiger partial charge in [-0.2, -0.15) is 8.42 Å². The monoisotopic (exact) mass is 537 g/mol. The van der Waals surface area contributed by atoms with E-state index < -0.39 is 16.6 Å². The number of halogens is 1. The van der Waals surface area contributed by atoms with Gasteiger partial charge in [-0.05, 0) is 45.5 Å². The van der Waals surface area contributed by atoms with E-state index in [0.29, 0.717) is 37.4 Å². The van der Waals surface area contributed by atoms with Crippen LogP contribution in [-0.2, 0) is 21.8 Å². The molecule has 38 heavy (non-hydrogen) atoms. The Morgan fingerprint density at radius 2 is 1.63 bits per heavy atom. The van der Waals surface area contributed by atoms with Gasteiger partial charge in [0.1, 0.15) is 12.4 Å². The summed E-state index contributed by atoms with van der Waals surface area (Å²) in [6, 6.07) is 20.6. The van der Waals surface area contributed by atoms with Gasteiger partial charge in [0, 0.05) is 48.8 Å². The minimum absolute atomic E-state index is 0.0309. The van der Waals surface area contributed by atoms with Crippen molar-refractivity contribution in [3.8, 4) is 16.9 Å². The number of carbonyl (C=O) groups is 1. The predicted octanol–water partition coefficient (Wildman–Crippen LogP) is 5.16. The quantitative estimate of drug-likeness (QED) is 0.177. The highest BCUT2D eigenvalue weighted by atomic mass is 32.3. The second-order valence-electron chi connectivity index (χ2n) is 8.98. The maximum absolute atomic E-state index is 13.1. The largest absolute Gasteiger partial charge is 0.488 e. The minimum Gasteiger partial charge on any atom is -0.448 e. The molecule has 1 heterocycles. The van der Waals surface area contributed by atoms with Gasteiger partial charge in [0.25, 0.3) is 0 Å². The molecule has 0 unspecified atom stereocenters. The third-order valence-electron chi connectivity index (χ3n) is 6.70. The second-order valence-corrected chi connectivity index (χ2v) is 9.93. The highest BCUT2D eigenvalue weighted by molar-refractivity contribution is 7.81. The third-order valence-corrected chi connectivity index (χ3v) is 7.09. The van der Waals surface area contributed by atoms with Crippen molar-refractivity contribution < 1.29 is 26.0 Å². The molecule has 0 spiro atoms. The summed E-state index contributed by atoms with van der Waals surface area (Å²) in [6.45, 7) is 1.76. The maximum Gasteiger partial charge on any atom is 0.488 e. The Bertz CT molecular complexity index is 1470. The standard InChI is InChI=1S/C26H24FN5O5S/c27-38(34,35)37-20-14-18(16-29-30-28)13-19(15-20)31-9-11-32(12-10-31)26(33)36-17-25-23-7-3-1-5-21(23)22-6-2-4-8-24(22)25/h1-8,13-15,25H,9-12,16-17H2. The first-order chi connectivity index (χ1) is 18.3. The van der Waals surface area contributed by atoms with E-state index in [-0.39, 0.29) is 24.8 Å². The highest BCUT2D eigenvalue weighted by Gasteiger charge is 2.30. The lowest BCUT2D eigenvalue weighted by atomic mass is 9.98. The second kappa shape index (κ2) is 10.6. The maximum atomic E-state index is 13.1. The van der Waals surface area contributed by atoms with Gasteiger partial charge in [0.2, 0.25) is 0 Å². The van der Waals surface area contributed by atoms with Crippen LogP contribution in [0.3, 0.4) is 0 Å². The van der Waals surface area contributed by atoms with E-state index in [0.717, 1.165) is 22.3 Å². The summed E-state index contributed by atoms with van der Waals surface area (Å²) >= 11 is 0. The van der Waals surface area contributed by atoms with Crippen molar-refractivity contribution in [2.75, 3.05) is 37.7 Å². The first-order valence-electron chi connectivity index (χ1n) is 12.0. The zero-order valence-corrected chi connectivity index (χ0v) is 21.1. The summed E-state index contributed by atoms with van der Waals surface area (Å²) < 4.78 is 45.2. The number of piperazine rings is 1. The van der Waals surface area contributed by atoms with E-state index in [1.807, 2.05) is 29.2 Å². The molecule has 0 aromatic heterocycles. The zero-order valence-electron chi connectivity index (χ0n) is 20.2. The Hall–Kier alpha value is -4.28. The molecule has 5 rings (SSSR count). The molecule has 3 aromatic rings. The van der Waals surface area contributed by atoms with Crippen molar-refractivity contribution >= 4 is 22.3 Å². The highest BCUT2D eigenvalue weighted by Crippen LogP contribution is 2.44. The lowest BCUT2D eigenvalue weighted by Gasteiger charge is -2.36. The van der Waals surface area contributed by atoms with Crippen molar-refractivity contribution in [1.29, 1.82) is 0 Å². The fourth-order valence-electron chi connectivity index (χ4n) is 5.03. The van der Waals surface area contributed by atoms with Gasteiger partial charge in [0.05, 0.1) is 6.54 Å². The van der Waals surface area contributed by atoms with Gasteiger partial charge in [-0.25, -0.2) is 4.79 Å². The van der Waals surface area contributed by atoms with Crippen LogP contribution in [-0.4, -0.2) is 52.2 Å². The van der Waals surface area contributed by atoms with E-state index in [1.165, 1.54) is 12.1 Å². The van der Waals surface area contributed by atoms with Crippen molar-refractivity contribution in [3.63, 3.8) is 0 Å². The third kappa shape index (κ3) is 5.51. The van der Waals surface area contributed by atoms with Crippen LogP contribution in [0.5, 0.6) is 5.75 Å². The van der Waals surface area contributed by atoms with Crippen molar-refractivity contribution in [2.45, 2.75) is 12.5 Å². The Labute approximate surface area is 219 Å². The number of nitrogens with zero attached hydrogens (tertiary/aromatic N) is 5. The molecule has 196 valence electrons. The Balaban J connectivity index is 1.23. The molecule has 1 aliphatic carbocycles. The molecular weight excluding hydrogens is 513 g/mol. The molecule has 0 N–H and O–H groups in total. The lowest BCUT2D eigenvalue weighted by molar-refractivity contribution is 0.0976. The fraction of sp³-hybridized carbons (Fsp3) is 0.269. The van der Waals surface area contributed by atoms with Gasteiger partial charge in [-0.1, -0.05) is 57.5 Å². The van der Waals surface area contributed by atoms with Crippen molar-refractivity contribution in [2.24, 2.45) is 5.11 Å². The first kappa shape index (κ1) is 25.4. The van der Waals surface area contributed by atoms with Crippen molar-refractivity contribution in [1.82, 2.24) is 4.90 Å². The summed E-state index contributed by atoms with van der Waals surface area (Å²) in [7, 11) is -5.22. The summed E-state index contributed by atoms with van der Waals surface area (Å²) in [5.74, 6) is -0.260. The number of ether oxygens (including phenoxy) is 1. The van der Waals surface area contributed by atoms with Crippen molar-refractivity contribution in [3.05, 3.63) is 93.9 Å². The Morgan fingerprint density at radius 3 is 2.24 bits per heavy atom. The summed E-state index contributed by atoms with van der Waals surface area (Å²) in [6.07, 6.45) is -0.406. The lowest BCUT2D eigenvalue weighted by Crippen LogP contribution is -2.49. The number of benzene rings is 3. The van der Waals surface area contributed by atoms with E-state index in [2.05, 4.69) is 38.5 Å². The average Bonchev–Trinajstić information content (AvgIpc) is 3.23. The Morgan fingerprint density at radius 1 is 1.00 bits per heavy atom. The number of carbonyl (C=O) groups excluding carboxylic acids is 1.